The Hall–Kier alpha value is -3.20. The van der Waals surface area contributed by atoms with E-state index >= 15 is 0 Å². The number of benzene rings is 1. The van der Waals surface area contributed by atoms with Crippen LogP contribution in [0.15, 0.2) is 35.8 Å². The van der Waals surface area contributed by atoms with E-state index in [4.69, 9.17) is 0 Å². The van der Waals surface area contributed by atoms with Crippen molar-refractivity contribution in [3.8, 4) is 11.3 Å². The van der Waals surface area contributed by atoms with Gasteiger partial charge in [-0.05, 0) is 24.8 Å². The van der Waals surface area contributed by atoms with Crippen LogP contribution in [0.2, 0.25) is 0 Å². The van der Waals surface area contributed by atoms with Crippen molar-refractivity contribution in [1.82, 2.24) is 20.2 Å². The van der Waals surface area contributed by atoms with E-state index in [1.807, 2.05) is 42.8 Å². The molecule has 2 fully saturated rings. The van der Waals surface area contributed by atoms with Crippen LogP contribution in [0.5, 0.6) is 0 Å². The van der Waals surface area contributed by atoms with E-state index in [1.54, 1.807) is 0 Å². The van der Waals surface area contributed by atoms with Crippen molar-refractivity contribution in [2.75, 3.05) is 11.9 Å². The average molecular weight is 438 g/mol. The van der Waals surface area contributed by atoms with Crippen molar-refractivity contribution in [2.45, 2.75) is 38.1 Å². The van der Waals surface area contributed by atoms with E-state index in [9.17, 15) is 14.4 Å². The number of fused-ring (bicyclic) bond motifs is 1. The molecule has 3 aromatic rings. The zero-order valence-corrected chi connectivity index (χ0v) is 17.9. The van der Waals surface area contributed by atoms with Crippen molar-refractivity contribution in [3.63, 3.8) is 0 Å². The van der Waals surface area contributed by atoms with Crippen LogP contribution in [0.25, 0.3) is 22.2 Å². The van der Waals surface area contributed by atoms with Crippen molar-refractivity contribution >= 4 is 45.2 Å². The standard InChI is InChI=1S/C22H23N5O3S/c1-13-6-4-5-9-22(13)19(29)27(21(30)26-22)11-18(28)25-20-24-17(12-31-20)15-10-23-16-8-3-2-7-14(15)16/h2-3,7-8,10,12-13,23H,4-6,9,11H2,1H3,(H,26,30)(H,24,25,28). The molecular formula is C22H23N5O3S. The third kappa shape index (κ3) is 3.29. The van der Waals surface area contributed by atoms with Gasteiger partial charge in [0.25, 0.3) is 5.91 Å². The highest BCUT2D eigenvalue weighted by atomic mass is 32.1. The number of aromatic amines is 1. The molecule has 1 aromatic carbocycles. The summed E-state index contributed by atoms with van der Waals surface area (Å²) in [5.74, 6) is -0.675. The number of imide groups is 1. The lowest BCUT2D eigenvalue weighted by molar-refractivity contribution is -0.136. The number of nitrogens with one attached hydrogen (secondary N) is 3. The Labute approximate surface area is 183 Å². The van der Waals surface area contributed by atoms with Gasteiger partial charge in [0.15, 0.2) is 5.13 Å². The molecule has 1 saturated carbocycles. The van der Waals surface area contributed by atoms with Crippen molar-refractivity contribution < 1.29 is 14.4 Å². The number of carbonyl (C=O) groups excluding carboxylic acids is 3. The van der Waals surface area contributed by atoms with E-state index in [0.717, 1.165) is 46.3 Å². The summed E-state index contributed by atoms with van der Waals surface area (Å²) in [6.07, 6.45) is 5.35. The smallest absolute Gasteiger partial charge is 0.325 e. The van der Waals surface area contributed by atoms with Gasteiger partial charge >= 0.3 is 6.03 Å². The average Bonchev–Trinajstić information content (AvgIpc) is 3.44. The Bertz CT molecular complexity index is 1180. The molecule has 2 aromatic heterocycles. The predicted octanol–water partition coefficient (Wildman–Crippen LogP) is 3.73. The van der Waals surface area contributed by atoms with Gasteiger partial charge in [0.05, 0.1) is 5.69 Å². The summed E-state index contributed by atoms with van der Waals surface area (Å²) < 4.78 is 0. The SMILES string of the molecule is CC1CCCCC12NC(=O)N(CC(=O)Nc1nc(-c3c[nH]c4ccccc34)cs1)C2=O. The molecule has 2 atom stereocenters. The fraction of sp³-hybridized carbons (Fsp3) is 0.364. The zero-order chi connectivity index (χ0) is 21.6. The fourth-order valence-corrected chi connectivity index (χ4v) is 5.41. The summed E-state index contributed by atoms with van der Waals surface area (Å²) in [5.41, 5.74) is 1.86. The van der Waals surface area contributed by atoms with Gasteiger partial charge in [0.2, 0.25) is 5.91 Å². The number of H-pyrrole nitrogens is 1. The Kier molecular flexibility index (Phi) is 4.77. The molecule has 160 valence electrons. The summed E-state index contributed by atoms with van der Waals surface area (Å²) in [4.78, 5) is 46.9. The second kappa shape index (κ2) is 7.49. The molecule has 5 rings (SSSR count). The largest absolute Gasteiger partial charge is 0.360 e. The van der Waals surface area contributed by atoms with Crippen LogP contribution in [0.3, 0.4) is 0 Å². The minimum atomic E-state index is -0.862. The van der Waals surface area contributed by atoms with E-state index < -0.39 is 17.5 Å². The summed E-state index contributed by atoms with van der Waals surface area (Å²) >= 11 is 1.31. The number of hydrogen-bond donors (Lipinski definition) is 3. The number of anilines is 1. The van der Waals surface area contributed by atoms with Crippen LogP contribution in [0, 0.1) is 5.92 Å². The fourth-order valence-electron chi connectivity index (χ4n) is 4.68. The molecule has 1 aliphatic heterocycles. The topological polar surface area (TPSA) is 107 Å². The first kappa shape index (κ1) is 19.7. The Balaban J connectivity index is 1.28. The predicted molar refractivity (Wildman–Crippen MR) is 119 cm³/mol. The van der Waals surface area contributed by atoms with Gasteiger partial charge in [-0.1, -0.05) is 38.0 Å². The maximum Gasteiger partial charge on any atom is 0.325 e. The van der Waals surface area contributed by atoms with Crippen LogP contribution >= 0.6 is 11.3 Å². The first-order valence-electron chi connectivity index (χ1n) is 10.4. The molecule has 3 N–H and O–H groups in total. The monoisotopic (exact) mass is 437 g/mol. The number of rotatable bonds is 4. The van der Waals surface area contributed by atoms with Gasteiger partial charge < -0.3 is 15.6 Å². The second-order valence-electron chi connectivity index (χ2n) is 8.27. The molecule has 1 saturated heterocycles. The van der Waals surface area contributed by atoms with Gasteiger partial charge in [0.1, 0.15) is 12.1 Å². The Morgan fingerprint density at radius 2 is 2.16 bits per heavy atom. The number of hydrogen-bond acceptors (Lipinski definition) is 5. The van der Waals surface area contributed by atoms with E-state index in [1.165, 1.54) is 11.3 Å². The lowest BCUT2D eigenvalue weighted by Gasteiger charge is -2.36. The summed E-state index contributed by atoms with van der Waals surface area (Å²) in [7, 11) is 0. The molecule has 31 heavy (non-hydrogen) atoms. The summed E-state index contributed by atoms with van der Waals surface area (Å²) in [6.45, 7) is 1.67. The van der Waals surface area contributed by atoms with Crippen LogP contribution in [-0.2, 0) is 9.59 Å². The molecule has 4 amide bonds. The molecule has 0 radical (unpaired) electrons. The van der Waals surface area contributed by atoms with E-state index in [-0.39, 0.29) is 18.4 Å². The van der Waals surface area contributed by atoms with Crippen LogP contribution in [0.1, 0.15) is 32.6 Å². The quantitative estimate of drug-likeness (QED) is 0.541. The molecule has 8 nitrogen and oxygen atoms in total. The number of aromatic nitrogens is 2. The number of urea groups is 1. The van der Waals surface area contributed by atoms with Gasteiger partial charge in [0, 0.05) is 28.0 Å². The van der Waals surface area contributed by atoms with Gasteiger partial charge in [-0.25, -0.2) is 9.78 Å². The van der Waals surface area contributed by atoms with Gasteiger partial charge in [-0.3, -0.25) is 14.5 Å². The molecule has 9 heteroatoms. The Morgan fingerprint density at radius 1 is 1.32 bits per heavy atom. The lowest BCUT2D eigenvalue weighted by atomic mass is 9.73. The highest BCUT2D eigenvalue weighted by Crippen LogP contribution is 2.38. The van der Waals surface area contributed by atoms with Gasteiger partial charge in [-0.15, -0.1) is 11.3 Å². The molecule has 1 aliphatic carbocycles. The molecule has 2 unspecified atom stereocenters. The zero-order valence-electron chi connectivity index (χ0n) is 17.1. The van der Waals surface area contributed by atoms with E-state index in [0.29, 0.717) is 11.6 Å². The van der Waals surface area contributed by atoms with Crippen LogP contribution < -0.4 is 10.6 Å². The summed E-state index contributed by atoms with van der Waals surface area (Å²) in [5, 5.41) is 8.95. The molecule has 0 bridgehead atoms. The Morgan fingerprint density at radius 3 is 3.00 bits per heavy atom. The van der Waals surface area contributed by atoms with Crippen LogP contribution in [-0.4, -0.2) is 44.8 Å². The first-order valence-corrected chi connectivity index (χ1v) is 11.3. The highest BCUT2D eigenvalue weighted by Gasteiger charge is 2.55. The maximum absolute atomic E-state index is 13.0. The number of nitrogens with zero attached hydrogens (tertiary/aromatic N) is 2. The van der Waals surface area contributed by atoms with Crippen molar-refractivity contribution in [2.24, 2.45) is 5.92 Å². The normalized spacial score (nSPS) is 23.5. The van der Waals surface area contributed by atoms with E-state index in [2.05, 4.69) is 20.6 Å². The number of thiazole rings is 1. The van der Waals surface area contributed by atoms with Crippen LogP contribution in [0.4, 0.5) is 9.93 Å². The number of amides is 4. The summed E-state index contributed by atoms with van der Waals surface area (Å²) in [6, 6.07) is 7.44. The third-order valence-corrected chi connectivity index (χ3v) is 7.18. The minimum Gasteiger partial charge on any atom is -0.360 e. The highest BCUT2D eigenvalue weighted by molar-refractivity contribution is 7.14. The number of para-hydroxylation sites is 1. The third-order valence-electron chi connectivity index (χ3n) is 6.42. The van der Waals surface area contributed by atoms with Crippen molar-refractivity contribution in [3.05, 3.63) is 35.8 Å². The second-order valence-corrected chi connectivity index (χ2v) is 9.13. The minimum absolute atomic E-state index is 0.0588. The van der Waals surface area contributed by atoms with Gasteiger partial charge in [-0.2, -0.15) is 0 Å². The molecular weight excluding hydrogens is 414 g/mol. The number of carbonyl (C=O) groups is 3. The molecule has 3 heterocycles. The lowest BCUT2D eigenvalue weighted by Crippen LogP contribution is -2.54. The molecule has 1 spiro atoms. The van der Waals surface area contributed by atoms with Crippen molar-refractivity contribution in [1.29, 1.82) is 0 Å². The molecule has 2 aliphatic rings. The maximum atomic E-state index is 13.0. The first-order chi connectivity index (χ1) is 15.0.